The van der Waals surface area contributed by atoms with Crippen molar-refractivity contribution in [1.29, 1.82) is 0 Å². The second-order valence-electron chi connectivity index (χ2n) is 6.25. The standard InChI is InChI=1S/C14H17N7O4/c1-14(2)24-9-7(4-19-20-15)23-13(10(9)25-14)21-6-18-8-11(21)16-5-17-12(8)22-3/h5-7,9-10,13H,4H2,1-3H3/t7-,9-,10-,13-/m1/s1. The van der Waals surface area contributed by atoms with Gasteiger partial charge in [-0.3, -0.25) is 4.57 Å². The van der Waals surface area contributed by atoms with E-state index in [1.54, 1.807) is 10.9 Å². The molecular formula is C14H17N7O4. The zero-order chi connectivity index (χ0) is 17.6. The molecule has 2 fully saturated rings. The summed E-state index contributed by atoms with van der Waals surface area (Å²) in [6.45, 7) is 3.83. The molecule has 2 aliphatic rings. The van der Waals surface area contributed by atoms with E-state index in [1.807, 2.05) is 13.8 Å². The molecule has 0 N–H and O–H groups in total. The van der Waals surface area contributed by atoms with Crippen LogP contribution >= 0.6 is 0 Å². The van der Waals surface area contributed by atoms with Gasteiger partial charge in [0.25, 0.3) is 0 Å². The van der Waals surface area contributed by atoms with Crippen LogP contribution in [0.1, 0.15) is 20.1 Å². The fourth-order valence-corrected chi connectivity index (χ4v) is 3.31. The molecule has 2 saturated heterocycles. The van der Waals surface area contributed by atoms with Crippen LogP contribution in [-0.4, -0.2) is 57.3 Å². The van der Waals surface area contributed by atoms with E-state index in [9.17, 15) is 0 Å². The Bertz CT molecular complexity index is 847. The van der Waals surface area contributed by atoms with Gasteiger partial charge in [0, 0.05) is 4.91 Å². The van der Waals surface area contributed by atoms with E-state index in [4.69, 9.17) is 24.5 Å². The van der Waals surface area contributed by atoms with E-state index in [2.05, 4.69) is 25.0 Å². The monoisotopic (exact) mass is 347 g/mol. The van der Waals surface area contributed by atoms with Gasteiger partial charge in [-0.05, 0) is 19.4 Å². The first kappa shape index (κ1) is 16.0. The van der Waals surface area contributed by atoms with Crippen molar-refractivity contribution in [2.24, 2.45) is 5.11 Å². The minimum absolute atomic E-state index is 0.151. The van der Waals surface area contributed by atoms with Gasteiger partial charge in [0.15, 0.2) is 23.2 Å². The quantitative estimate of drug-likeness (QED) is 0.466. The van der Waals surface area contributed by atoms with Gasteiger partial charge in [-0.1, -0.05) is 5.11 Å². The van der Waals surface area contributed by atoms with Gasteiger partial charge in [0.1, 0.15) is 18.5 Å². The molecule has 4 rings (SSSR count). The molecule has 25 heavy (non-hydrogen) atoms. The summed E-state index contributed by atoms with van der Waals surface area (Å²) in [5, 5.41) is 3.62. The lowest BCUT2D eigenvalue weighted by atomic mass is 10.1. The number of hydrogen-bond donors (Lipinski definition) is 0. The Morgan fingerprint density at radius 2 is 2.12 bits per heavy atom. The van der Waals surface area contributed by atoms with Crippen LogP contribution in [0.25, 0.3) is 21.6 Å². The minimum Gasteiger partial charge on any atom is -0.479 e. The zero-order valence-electron chi connectivity index (χ0n) is 13.9. The third kappa shape index (κ3) is 2.57. The highest BCUT2D eigenvalue weighted by atomic mass is 16.8. The Morgan fingerprint density at radius 3 is 2.88 bits per heavy atom. The van der Waals surface area contributed by atoms with Crippen molar-refractivity contribution in [2.75, 3.05) is 13.7 Å². The summed E-state index contributed by atoms with van der Waals surface area (Å²) in [6, 6.07) is 0. The molecule has 0 spiro atoms. The van der Waals surface area contributed by atoms with Gasteiger partial charge in [0.05, 0.1) is 26.1 Å². The molecule has 0 unspecified atom stereocenters. The summed E-state index contributed by atoms with van der Waals surface area (Å²) in [6.07, 6.45) is 1.33. The molecule has 0 bridgehead atoms. The van der Waals surface area contributed by atoms with Gasteiger partial charge in [-0.15, -0.1) is 0 Å². The first-order valence-electron chi connectivity index (χ1n) is 7.77. The Hall–Kier alpha value is -2.46. The minimum atomic E-state index is -0.755. The highest BCUT2D eigenvalue weighted by Gasteiger charge is 2.55. The van der Waals surface area contributed by atoms with E-state index in [0.29, 0.717) is 17.0 Å². The molecule has 4 heterocycles. The second kappa shape index (κ2) is 5.81. The Balaban J connectivity index is 1.73. The van der Waals surface area contributed by atoms with Gasteiger partial charge >= 0.3 is 0 Å². The van der Waals surface area contributed by atoms with Gasteiger partial charge < -0.3 is 18.9 Å². The fourth-order valence-electron chi connectivity index (χ4n) is 3.31. The van der Waals surface area contributed by atoms with Crippen LogP contribution in [0.2, 0.25) is 0 Å². The van der Waals surface area contributed by atoms with Crippen LogP contribution in [-0.2, 0) is 14.2 Å². The summed E-state index contributed by atoms with van der Waals surface area (Å²) in [5.41, 5.74) is 9.70. The number of hydrogen-bond acceptors (Lipinski definition) is 8. The number of rotatable bonds is 4. The number of methoxy groups -OCH3 is 1. The van der Waals surface area contributed by atoms with Crippen molar-refractivity contribution in [3.05, 3.63) is 23.1 Å². The van der Waals surface area contributed by atoms with E-state index in [0.717, 1.165) is 0 Å². The molecule has 11 heteroatoms. The molecule has 0 radical (unpaired) electrons. The van der Waals surface area contributed by atoms with Crippen LogP contribution in [0.5, 0.6) is 5.88 Å². The van der Waals surface area contributed by atoms with Crippen molar-refractivity contribution in [2.45, 2.75) is 44.2 Å². The van der Waals surface area contributed by atoms with Gasteiger partial charge in [-0.25, -0.2) is 9.97 Å². The summed E-state index contributed by atoms with van der Waals surface area (Å²) in [4.78, 5) is 15.5. The molecule has 2 aromatic heterocycles. The molecular weight excluding hydrogens is 330 g/mol. The first-order chi connectivity index (χ1) is 12.0. The third-order valence-corrected chi connectivity index (χ3v) is 4.24. The highest BCUT2D eigenvalue weighted by Crippen LogP contribution is 2.44. The smallest absolute Gasteiger partial charge is 0.245 e. The molecule has 0 saturated carbocycles. The van der Waals surface area contributed by atoms with Crippen molar-refractivity contribution < 1.29 is 18.9 Å². The van der Waals surface area contributed by atoms with E-state index >= 15 is 0 Å². The molecule has 132 valence electrons. The Kier molecular flexibility index (Phi) is 3.73. The lowest BCUT2D eigenvalue weighted by molar-refractivity contribution is -0.195. The Labute approximate surface area is 142 Å². The predicted molar refractivity (Wildman–Crippen MR) is 83.6 cm³/mol. The van der Waals surface area contributed by atoms with Crippen molar-refractivity contribution in [1.82, 2.24) is 19.5 Å². The first-order valence-corrected chi connectivity index (χ1v) is 7.77. The van der Waals surface area contributed by atoms with Crippen LogP contribution in [0.3, 0.4) is 0 Å². The summed E-state index contributed by atoms with van der Waals surface area (Å²) in [7, 11) is 1.52. The zero-order valence-corrected chi connectivity index (χ0v) is 13.9. The lowest BCUT2D eigenvalue weighted by Crippen LogP contribution is -2.31. The van der Waals surface area contributed by atoms with Crippen molar-refractivity contribution in [3.8, 4) is 5.88 Å². The van der Waals surface area contributed by atoms with Gasteiger partial charge in [0.2, 0.25) is 5.88 Å². The Morgan fingerprint density at radius 1 is 1.32 bits per heavy atom. The topological polar surface area (TPSA) is 129 Å². The summed E-state index contributed by atoms with van der Waals surface area (Å²) >= 11 is 0. The third-order valence-electron chi connectivity index (χ3n) is 4.24. The molecule has 11 nitrogen and oxygen atoms in total. The molecule has 4 atom stereocenters. The number of ether oxygens (including phenoxy) is 4. The number of nitrogens with zero attached hydrogens (tertiary/aromatic N) is 7. The van der Waals surface area contributed by atoms with Crippen molar-refractivity contribution in [3.63, 3.8) is 0 Å². The van der Waals surface area contributed by atoms with Crippen LogP contribution in [0.4, 0.5) is 0 Å². The van der Waals surface area contributed by atoms with E-state index in [-0.39, 0.29) is 18.8 Å². The average molecular weight is 347 g/mol. The second-order valence-corrected chi connectivity index (χ2v) is 6.25. The largest absolute Gasteiger partial charge is 0.479 e. The molecule has 0 amide bonds. The highest BCUT2D eigenvalue weighted by molar-refractivity contribution is 5.76. The molecule has 0 aliphatic carbocycles. The number of fused-ring (bicyclic) bond motifs is 2. The maximum absolute atomic E-state index is 8.60. The summed E-state index contributed by atoms with van der Waals surface area (Å²) < 4.78 is 25.0. The maximum atomic E-state index is 8.60. The van der Waals surface area contributed by atoms with Crippen LogP contribution < -0.4 is 4.74 Å². The average Bonchev–Trinajstić information content (AvgIpc) is 3.23. The number of aromatic nitrogens is 4. The van der Waals surface area contributed by atoms with Gasteiger partial charge in [-0.2, -0.15) is 4.98 Å². The fraction of sp³-hybridized carbons (Fsp3) is 0.643. The van der Waals surface area contributed by atoms with Crippen molar-refractivity contribution >= 4 is 11.2 Å². The van der Waals surface area contributed by atoms with E-state index < -0.39 is 18.1 Å². The predicted octanol–water partition coefficient (Wildman–Crippen LogP) is 1.56. The molecule has 2 aromatic rings. The summed E-state index contributed by atoms with van der Waals surface area (Å²) in [5.74, 6) is -0.373. The SMILES string of the molecule is COc1ncnc2c1ncn2[C@@H]1O[C@H](CN=[N+]=[N-])[C@H]2OC(C)(C)O[C@H]21. The lowest BCUT2D eigenvalue weighted by Gasteiger charge is -2.24. The molecule has 2 aliphatic heterocycles. The van der Waals surface area contributed by atoms with E-state index in [1.165, 1.54) is 13.4 Å². The maximum Gasteiger partial charge on any atom is 0.245 e. The number of azide groups is 1. The molecule has 0 aromatic carbocycles. The van der Waals surface area contributed by atoms with Crippen LogP contribution in [0, 0.1) is 0 Å². The van der Waals surface area contributed by atoms with Crippen LogP contribution in [0.15, 0.2) is 17.8 Å². The normalized spacial score (nSPS) is 30.2. The number of imidazole rings is 1.